The molecule has 32 heavy (non-hydrogen) atoms. The van der Waals surface area contributed by atoms with Gasteiger partial charge < -0.3 is 4.90 Å². The Kier molecular flexibility index (Phi) is 6.30. The first-order valence-electron chi connectivity index (χ1n) is 10.6. The molecule has 0 spiro atoms. The molecule has 0 fully saturated rings. The Morgan fingerprint density at radius 1 is 1.06 bits per heavy atom. The van der Waals surface area contributed by atoms with E-state index in [0.29, 0.717) is 34.3 Å². The van der Waals surface area contributed by atoms with Crippen LogP contribution >= 0.6 is 11.6 Å². The van der Waals surface area contributed by atoms with Crippen LogP contribution in [0.3, 0.4) is 0 Å². The predicted molar refractivity (Wildman–Crippen MR) is 128 cm³/mol. The zero-order chi connectivity index (χ0) is 23.0. The third-order valence-electron chi connectivity index (χ3n) is 5.87. The van der Waals surface area contributed by atoms with Crippen LogP contribution < -0.4 is 4.90 Å². The molecule has 168 valence electrons. The molecule has 1 heterocycles. The molecule has 1 aliphatic heterocycles. The summed E-state index contributed by atoms with van der Waals surface area (Å²) in [5.41, 5.74) is 2.66. The van der Waals surface area contributed by atoms with E-state index < -0.39 is 10.0 Å². The summed E-state index contributed by atoms with van der Waals surface area (Å²) in [6.07, 6.45) is 0.728. The van der Waals surface area contributed by atoms with Crippen LogP contribution in [0.1, 0.15) is 20.3 Å². The summed E-state index contributed by atoms with van der Waals surface area (Å²) in [6.45, 7) is 4.70. The van der Waals surface area contributed by atoms with Gasteiger partial charge in [-0.15, -0.1) is 0 Å². The van der Waals surface area contributed by atoms with E-state index >= 15 is 0 Å². The first kappa shape index (κ1) is 22.8. The minimum absolute atomic E-state index is 0.193. The molecule has 3 aromatic carbocycles. The van der Waals surface area contributed by atoms with Gasteiger partial charge in [0.25, 0.3) is 0 Å². The molecular weight excluding hydrogens is 447 g/mol. The highest BCUT2D eigenvalue weighted by molar-refractivity contribution is 7.89. The molecule has 1 aliphatic rings. The van der Waals surface area contributed by atoms with E-state index in [1.807, 2.05) is 35.2 Å². The Labute approximate surface area is 194 Å². The number of halogens is 2. The van der Waals surface area contributed by atoms with Crippen LogP contribution in [-0.4, -0.2) is 32.4 Å². The quantitative estimate of drug-likeness (QED) is 0.445. The Morgan fingerprint density at radius 2 is 1.72 bits per heavy atom. The topological polar surface area (TPSA) is 40.6 Å². The number of likely N-dealkylation sites (N-methyl/N-ethyl adjacent to an activating group) is 1. The number of fused-ring (bicyclic) bond motifs is 1. The van der Waals surface area contributed by atoms with Crippen LogP contribution in [0.4, 0.5) is 15.8 Å². The number of hydrogen-bond acceptors (Lipinski definition) is 3. The molecule has 0 saturated carbocycles. The van der Waals surface area contributed by atoms with E-state index in [9.17, 15) is 12.8 Å². The molecule has 0 unspecified atom stereocenters. The van der Waals surface area contributed by atoms with Crippen molar-refractivity contribution in [1.29, 1.82) is 0 Å². The molecule has 0 N–H and O–H groups in total. The minimum Gasteiger partial charge on any atom is -0.339 e. The van der Waals surface area contributed by atoms with E-state index in [4.69, 9.17) is 11.6 Å². The number of hydrogen-bond donors (Lipinski definition) is 0. The third-order valence-corrected chi connectivity index (χ3v) is 8.12. The van der Waals surface area contributed by atoms with E-state index in [0.717, 1.165) is 12.1 Å². The van der Waals surface area contributed by atoms with E-state index in [1.54, 1.807) is 31.3 Å². The van der Waals surface area contributed by atoms with Crippen LogP contribution in [0.5, 0.6) is 0 Å². The molecule has 0 saturated heterocycles. The SMILES string of the molecule is CC(C)C[C@@H]1CN(c2ccccc2)c2cc(Cl)c(-c3ccc(F)cc3)cc2S(=O)(=O)N1C. The van der Waals surface area contributed by atoms with E-state index in [1.165, 1.54) is 16.4 Å². The maximum Gasteiger partial charge on any atom is 0.245 e. The number of nitrogens with zero attached hydrogens (tertiary/aromatic N) is 2. The lowest BCUT2D eigenvalue weighted by Crippen LogP contribution is -2.41. The summed E-state index contributed by atoms with van der Waals surface area (Å²) in [4.78, 5) is 2.22. The van der Waals surface area contributed by atoms with Crippen molar-refractivity contribution in [3.63, 3.8) is 0 Å². The second-order valence-corrected chi connectivity index (χ2v) is 10.9. The summed E-state index contributed by atoms with van der Waals surface area (Å²) in [5.74, 6) is -0.0337. The largest absolute Gasteiger partial charge is 0.339 e. The highest BCUT2D eigenvalue weighted by Crippen LogP contribution is 2.43. The van der Waals surface area contributed by atoms with Crippen LogP contribution in [0.25, 0.3) is 11.1 Å². The zero-order valence-electron chi connectivity index (χ0n) is 18.3. The third kappa shape index (κ3) is 4.27. The first-order valence-corrected chi connectivity index (χ1v) is 12.4. The molecule has 7 heteroatoms. The van der Waals surface area contributed by atoms with Crippen LogP contribution in [0, 0.1) is 11.7 Å². The molecule has 4 rings (SSSR count). The van der Waals surface area contributed by atoms with Crippen LogP contribution in [0.2, 0.25) is 5.02 Å². The first-order chi connectivity index (χ1) is 15.2. The molecular formula is C25H26ClFN2O2S. The van der Waals surface area contributed by atoms with Crippen molar-refractivity contribution in [1.82, 2.24) is 4.31 Å². The molecule has 0 bridgehead atoms. The normalized spacial score (nSPS) is 18.4. The highest BCUT2D eigenvalue weighted by atomic mass is 35.5. The molecule has 4 nitrogen and oxygen atoms in total. The molecule has 3 aromatic rings. The Morgan fingerprint density at radius 3 is 2.34 bits per heavy atom. The Bertz CT molecular complexity index is 1210. The predicted octanol–water partition coefficient (Wildman–Crippen LogP) is 6.33. The summed E-state index contributed by atoms with van der Waals surface area (Å²) in [6, 6.07) is 18.7. The van der Waals surface area contributed by atoms with Crippen molar-refractivity contribution in [2.75, 3.05) is 18.5 Å². The van der Waals surface area contributed by atoms with Gasteiger partial charge >= 0.3 is 0 Å². The number of benzene rings is 3. The average molecular weight is 473 g/mol. The lowest BCUT2D eigenvalue weighted by Gasteiger charge is -2.30. The van der Waals surface area contributed by atoms with Crippen molar-refractivity contribution in [3.8, 4) is 11.1 Å². The number of anilines is 2. The van der Waals surface area contributed by atoms with Gasteiger partial charge in [0.2, 0.25) is 10.0 Å². The van der Waals surface area contributed by atoms with Crippen molar-refractivity contribution in [2.45, 2.75) is 31.2 Å². The summed E-state index contributed by atoms with van der Waals surface area (Å²) in [7, 11) is -2.14. The minimum atomic E-state index is -3.79. The lowest BCUT2D eigenvalue weighted by molar-refractivity contribution is 0.326. The molecule has 0 radical (unpaired) electrons. The monoisotopic (exact) mass is 472 g/mol. The summed E-state index contributed by atoms with van der Waals surface area (Å²) < 4.78 is 42.4. The van der Waals surface area contributed by atoms with Gasteiger partial charge in [0.15, 0.2) is 0 Å². The Hall–Kier alpha value is -2.41. The van der Waals surface area contributed by atoms with Crippen molar-refractivity contribution < 1.29 is 12.8 Å². The molecule has 0 amide bonds. The van der Waals surface area contributed by atoms with Gasteiger partial charge in [0.05, 0.1) is 10.7 Å². The van der Waals surface area contributed by atoms with Crippen molar-refractivity contribution >= 4 is 33.0 Å². The van der Waals surface area contributed by atoms with Crippen molar-refractivity contribution in [3.05, 3.63) is 77.6 Å². The molecule has 1 atom stereocenters. The fraction of sp³-hybridized carbons (Fsp3) is 0.280. The number of para-hydroxylation sites is 1. The van der Waals surface area contributed by atoms with Crippen molar-refractivity contribution in [2.24, 2.45) is 5.92 Å². The smallest absolute Gasteiger partial charge is 0.245 e. The summed E-state index contributed by atoms with van der Waals surface area (Å²) >= 11 is 6.66. The Balaban J connectivity index is 1.95. The second kappa shape index (κ2) is 8.85. The number of rotatable bonds is 4. The molecule has 0 aromatic heterocycles. The van der Waals surface area contributed by atoms with Gasteiger partial charge in [-0.2, -0.15) is 4.31 Å². The maximum atomic E-state index is 13.7. The number of sulfonamides is 1. The van der Waals surface area contributed by atoms with Gasteiger partial charge in [-0.3, -0.25) is 0 Å². The zero-order valence-corrected chi connectivity index (χ0v) is 19.9. The van der Waals surface area contributed by atoms with Crippen LogP contribution in [-0.2, 0) is 10.0 Å². The van der Waals surface area contributed by atoms with E-state index in [-0.39, 0.29) is 16.8 Å². The van der Waals surface area contributed by atoms with E-state index in [2.05, 4.69) is 13.8 Å². The maximum absolute atomic E-state index is 13.7. The molecule has 0 aliphatic carbocycles. The fourth-order valence-corrected chi connectivity index (χ4v) is 6.03. The second-order valence-electron chi connectivity index (χ2n) is 8.56. The van der Waals surface area contributed by atoms with Crippen LogP contribution in [0.15, 0.2) is 71.6 Å². The van der Waals surface area contributed by atoms with Gasteiger partial charge in [-0.05, 0) is 54.3 Å². The lowest BCUT2D eigenvalue weighted by atomic mass is 10.0. The van der Waals surface area contributed by atoms with Gasteiger partial charge in [0.1, 0.15) is 10.7 Å². The van der Waals surface area contributed by atoms with Gasteiger partial charge in [0, 0.05) is 30.9 Å². The average Bonchev–Trinajstić information content (AvgIpc) is 2.83. The van der Waals surface area contributed by atoms with Gasteiger partial charge in [-0.1, -0.05) is 55.8 Å². The fourth-order valence-electron chi connectivity index (χ4n) is 4.21. The van der Waals surface area contributed by atoms with Gasteiger partial charge in [-0.25, -0.2) is 12.8 Å². The highest BCUT2D eigenvalue weighted by Gasteiger charge is 2.37. The summed E-state index contributed by atoms with van der Waals surface area (Å²) in [5, 5.41) is 0.413. The standard InChI is InChI=1S/C25H26ClFN2O2S/c1-17(2)13-21-16-29(20-7-5-4-6-8-20)24-15-23(26)22(18-9-11-19(27)12-10-18)14-25(24)32(30,31)28(21)3/h4-12,14-15,17,21H,13,16H2,1-3H3/t21-/m1/s1.